The molecule has 1 unspecified atom stereocenters. The zero-order valence-corrected chi connectivity index (χ0v) is 19.6. The van der Waals surface area contributed by atoms with Crippen molar-refractivity contribution < 1.29 is 19.5 Å². The first-order valence-corrected chi connectivity index (χ1v) is 11.0. The van der Waals surface area contributed by atoms with Crippen LogP contribution in [0.5, 0.6) is 5.75 Å². The molecule has 7 heteroatoms. The van der Waals surface area contributed by atoms with Gasteiger partial charge in [-0.2, -0.15) is 4.98 Å². The summed E-state index contributed by atoms with van der Waals surface area (Å²) < 4.78 is 11.4. The third kappa shape index (κ3) is 5.73. The third-order valence-electron chi connectivity index (χ3n) is 5.42. The number of hydrogen-bond acceptors (Lipinski definition) is 7. The predicted molar refractivity (Wildman–Crippen MR) is 125 cm³/mol. The van der Waals surface area contributed by atoms with Gasteiger partial charge in [0.2, 0.25) is 5.82 Å². The lowest BCUT2D eigenvalue weighted by Crippen LogP contribution is -2.22. The van der Waals surface area contributed by atoms with Crippen LogP contribution in [0, 0.1) is 13.8 Å². The maximum Gasteiger partial charge on any atom is 0.258 e. The van der Waals surface area contributed by atoms with Gasteiger partial charge in [-0.25, -0.2) is 0 Å². The Bertz CT molecular complexity index is 1050. The molecule has 0 amide bonds. The summed E-state index contributed by atoms with van der Waals surface area (Å²) >= 11 is 0. The highest BCUT2D eigenvalue weighted by molar-refractivity contribution is 5.64. The Morgan fingerprint density at radius 3 is 2.56 bits per heavy atom. The van der Waals surface area contributed by atoms with Crippen molar-refractivity contribution in [2.45, 2.75) is 46.8 Å². The van der Waals surface area contributed by atoms with Crippen LogP contribution in [0.25, 0.3) is 22.8 Å². The lowest BCUT2D eigenvalue weighted by Gasteiger charge is -2.16. The van der Waals surface area contributed by atoms with Crippen molar-refractivity contribution in [2.24, 2.45) is 0 Å². The van der Waals surface area contributed by atoms with E-state index < -0.39 is 6.10 Å². The second-order valence-corrected chi connectivity index (χ2v) is 8.24. The topological polar surface area (TPSA) is 91.9 Å². The average molecular weight is 440 g/mol. The van der Waals surface area contributed by atoms with Gasteiger partial charge in [-0.1, -0.05) is 30.6 Å². The summed E-state index contributed by atoms with van der Waals surface area (Å²) in [5, 5.41) is 22.9. The lowest BCUT2D eigenvalue weighted by molar-refractivity contribution is 0.0531. The molecule has 2 N–H and O–H groups in total. The molecule has 0 saturated carbocycles. The Morgan fingerprint density at radius 1 is 1.09 bits per heavy atom. The van der Waals surface area contributed by atoms with Crippen molar-refractivity contribution in [2.75, 3.05) is 26.8 Å². The second-order valence-electron chi connectivity index (χ2n) is 8.24. The number of nitrogens with zero attached hydrogens (tertiary/aromatic N) is 3. The molecule has 172 valence electrons. The molecule has 0 spiro atoms. The molecule has 1 aromatic heterocycles. The zero-order valence-electron chi connectivity index (χ0n) is 19.6. The average Bonchev–Trinajstić information content (AvgIpc) is 3.27. The number of aromatic nitrogens is 2. The molecule has 1 atom stereocenters. The van der Waals surface area contributed by atoms with E-state index in [1.54, 1.807) is 0 Å². The number of benzene rings is 2. The quantitative estimate of drug-likeness (QED) is 0.497. The van der Waals surface area contributed by atoms with E-state index in [-0.39, 0.29) is 13.2 Å². The van der Waals surface area contributed by atoms with E-state index in [2.05, 4.69) is 54.1 Å². The molecule has 0 aliphatic heterocycles. The van der Waals surface area contributed by atoms with Gasteiger partial charge in [-0.15, -0.1) is 0 Å². The monoisotopic (exact) mass is 439 g/mol. The van der Waals surface area contributed by atoms with Gasteiger partial charge in [0.1, 0.15) is 18.5 Å². The van der Waals surface area contributed by atoms with Crippen LogP contribution >= 0.6 is 0 Å². The van der Waals surface area contributed by atoms with E-state index in [0.29, 0.717) is 11.7 Å². The summed E-state index contributed by atoms with van der Waals surface area (Å²) in [6.07, 6.45) is -0.161. The highest BCUT2D eigenvalue weighted by Gasteiger charge is 2.16. The van der Waals surface area contributed by atoms with Crippen molar-refractivity contribution in [3.05, 3.63) is 52.6 Å². The summed E-state index contributed by atoms with van der Waals surface area (Å²) in [4.78, 5) is 6.91. The minimum absolute atomic E-state index is 0.0406. The van der Waals surface area contributed by atoms with E-state index in [1.165, 1.54) is 5.56 Å². The minimum Gasteiger partial charge on any atom is -0.490 e. The number of aliphatic hydroxyl groups excluding tert-OH is 2. The van der Waals surface area contributed by atoms with Crippen molar-refractivity contribution in [3.8, 4) is 28.6 Å². The van der Waals surface area contributed by atoms with Crippen LogP contribution in [-0.4, -0.2) is 58.2 Å². The smallest absolute Gasteiger partial charge is 0.258 e. The number of aliphatic hydroxyl groups is 2. The SMILES string of the molecule is CCc1cc(-c2noc(-c3cc(C)cc(CN(C)CC)c3)n2)cc(C)c1OCC(O)CO. The van der Waals surface area contributed by atoms with Crippen LogP contribution in [0.3, 0.4) is 0 Å². The molecule has 3 aromatic rings. The first kappa shape index (κ1) is 23.9. The first-order chi connectivity index (χ1) is 15.3. The Kier molecular flexibility index (Phi) is 8.01. The third-order valence-corrected chi connectivity index (χ3v) is 5.42. The van der Waals surface area contributed by atoms with E-state index in [4.69, 9.17) is 14.4 Å². The fourth-order valence-electron chi connectivity index (χ4n) is 3.64. The van der Waals surface area contributed by atoms with E-state index >= 15 is 0 Å². The highest BCUT2D eigenvalue weighted by atomic mass is 16.5. The summed E-state index contributed by atoms with van der Waals surface area (Å²) in [6, 6.07) is 10.3. The lowest BCUT2D eigenvalue weighted by atomic mass is 10.0. The summed E-state index contributed by atoms with van der Waals surface area (Å²) in [7, 11) is 2.10. The fraction of sp³-hybridized carbons (Fsp3) is 0.440. The van der Waals surface area contributed by atoms with Gasteiger partial charge in [-0.3, -0.25) is 0 Å². The molecule has 7 nitrogen and oxygen atoms in total. The number of aryl methyl sites for hydroxylation is 3. The fourth-order valence-corrected chi connectivity index (χ4v) is 3.64. The van der Waals surface area contributed by atoms with Crippen LogP contribution in [0.4, 0.5) is 0 Å². The van der Waals surface area contributed by atoms with Crippen LogP contribution in [-0.2, 0) is 13.0 Å². The zero-order chi connectivity index (χ0) is 23.3. The van der Waals surface area contributed by atoms with E-state index in [9.17, 15) is 5.11 Å². The molecule has 0 saturated heterocycles. The van der Waals surface area contributed by atoms with Crippen molar-refractivity contribution in [3.63, 3.8) is 0 Å². The van der Waals surface area contributed by atoms with Gasteiger partial charge in [-0.05, 0) is 74.8 Å². The van der Waals surface area contributed by atoms with Gasteiger partial charge in [0.05, 0.1) is 6.61 Å². The summed E-state index contributed by atoms with van der Waals surface area (Å²) in [6.45, 7) is 9.73. The molecule has 0 aliphatic carbocycles. The first-order valence-electron chi connectivity index (χ1n) is 11.0. The molecule has 0 bridgehead atoms. The van der Waals surface area contributed by atoms with Crippen LogP contribution in [0.2, 0.25) is 0 Å². The number of rotatable bonds is 10. The molecular formula is C25H33N3O4. The minimum atomic E-state index is -0.908. The van der Waals surface area contributed by atoms with Gasteiger partial charge in [0.25, 0.3) is 5.89 Å². The highest BCUT2D eigenvalue weighted by Crippen LogP contribution is 2.31. The summed E-state index contributed by atoms with van der Waals surface area (Å²) in [5.74, 6) is 1.73. The maximum absolute atomic E-state index is 9.61. The van der Waals surface area contributed by atoms with Gasteiger partial charge in [0.15, 0.2) is 0 Å². The van der Waals surface area contributed by atoms with Gasteiger partial charge >= 0.3 is 0 Å². The summed E-state index contributed by atoms with van der Waals surface area (Å²) in [5.41, 5.74) is 6.02. The largest absolute Gasteiger partial charge is 0.490 e. The van der Waals surface area contributed by atoms with Crippen molar-refractivity contribution in [1.29, 1.82) is 0 Å². The molecule has 0 radical (unpaired) electrons. The van der Waals surface area contributed by atoms with Gasteiger partial charge < -0.3 is 24.4 Å². The van der Waals surface area contributed by atoms with E-state index in [0.717, 1.165) is 53.1 Å². The van der Waals surface area contributed by atoms with Gasteiger partial charge in [0, 0.05) is 17.7 Å². The Balaban J connectivity index is 1.89. The van der Waals surface area contributed by atoms with Crippen molar-refractivity contribution in [1.82, 2.24) is 15.0 Å². The Morgan fingerprint density at radius 2 is 1.88 bits per heavy atom. The van der Waals surface area contributed by atoms with Crippen LogP contribution < -0.4 is 4.74 Å². The molecule has 0 aliphatic rings. The van der Waals surface area contributed by atoms with Crippen LogP contribution in [0.15, 0.2) is 34.9 Å². The molecule has 2 aromatic carbocycles. The molecule has 3 rings (SSSR count). The molecule has 32 heavy (non-hydrogen) atoms. The predicted octanol–water partition coefficient (Wildman–Crippen LogP) is 3.77. The Hall–Kier alpha value is -2.74. The van der Waals surface area contributed by atoms with Crippen LogP contribution in [0.1, 0.15) is 36.1 Å². The number of hydrogen-bond donors (Lipinski definition) is 2. The molecular weight excluding hydrogens is 406 g/mol. The second kappa shape index (κ2) is 10.7. The molecule has 0 fully saturated rings. The maximum atomic E-state index is 9.61. The van der Waals surface area contributed by atoms with Crippen molar-refractivity contribution >= 4 is 0 Å². The van der Waals surface area contributed by atoms with E-state index in [1.807, 2.05) is 26.0 Å². The normalized spacial score (nSPS) is 12.4. The standard InChI is InChI=1S/C25H33N3O4/c1-6-19-12-20(10-17(4)23(19)31-15-22(30)14-29)24-26-25(32-27-24)21-9-16(3)8-18(11-21)13-28(5)7-2/h8-12,22,29-30H,6-7,13-15H2,1-5H3. The molecule has 1 heterocycles. The Labute approximate surface area is 189 Å². The number of ether oxygens (including phenoxy) is 1.